The highest BCUT2D eigenvalue weighted by Gasteiger charge is 2.70. The highest BCUT2D eigenvalue weighted by molar-refractivity contribution is 6.36. The van der Waals surface area contributed by atoms with E-state index < -0.39 is 5.72 Å². The second kappa shape index (κ2) is 4.34. The first-order chi connectivity index (χ1) is 10.5. The SMILES string of the molecule is O=C1c2ccccc2N2OC12c1c(Cl)cc(Cl)cc1N([O-])O. The molecule has 1 saturated heterocycles. The zero-order valence-corrected chi connectivity index (χ0v) is 12.3. The Labute approximate surface area is 134 Å². The van der Waals surface area contributed by atoms with E-state index in [1.807, 2.05) is 0 Å². The summed E-state index contributed by atoms with van der Waals surface area (Å²) >= 11 is 12.0. The molecule has 2 aromatic carbocycles. The molecule has 4 rings (SSSR count). The monoisotopic (exact) mass is 337 g/mol. The van der Waals surface area contributed by atoms with Crippen LogP contribution in [-0.2, 0) is 10.6 Å². The van der Waals surface area contributed by atoms with Crippen molar-refractivity contribution in [3.05, 3.63) is 62.8 Å². The van der Waals surface area contributed by atoms with Crippen molar-refractivity contribution < 1.29 is 14.8 Å². The highest BCUT2D eigenvalue weighted by atomic mass is 35.5. The number of fused-ring (bicyclic) bond motifs is 3. The first-order valence-corrected chi connectivity index (χ1v) is 7.01. The molecule has 2 aliphatic heterocycles. The number of hydrogen-bond acceptors (Lipinski definition) is 6. The number of Topliss-reactive ketones (excluding diaryl/α,β-unsaturated/α-hetero) is 1. The minimum Gasteiger partial charge on any atom is -0.733 e. The van der Waals surface area contributed by atoms with Gasteiger partial charge in [0.25, 0.3) is 5.72 Å². The van der Waals surface area contributed by atoms with Crippen molar-refractivity contribution in [1.82, 2.24) is 0 Å². The maximum Gasteiger partial charge on any atom is 0.282 e. The molecule has 0 amide bonds. The van der Waals surface area contributed by atoms with Gasteiger partial charge in [-0.1, -0.05) is 35.3 Å². The fourth-order valence-electron chi connectivity index (χ4n) is 2.80. The third-order valence-corrected chi connectivity index (χ3v) is 4.25. The number of carbonyl (C=O) groups excluding carboxylic acids is 1. The van der Waals surface area contributed by atoms with Crippen LogP contribution in [0.5, 0.6) is 0 Å². The topological polar surface area (TPSA) is 79.1 Å². The summed E-state index contributed by atoms with van der Waals surface area (Å²) in [7, 11) is 0. The summed E-state index contributed by atoms with van der Waals surface area (Å²) in [6.45, 7) is 0. The normalized spacial score (nSPS) is 21.6. The second-order valence-corrected chi connectivity index (χ2v) is 5.77. The summed E-state index contributed by atoms with van der Waals surface area (Å²) in [4.78, 5) is 18.2. The number of rotatable bonds is 2. The maximum absolute atomic E-state index is 12.7. The molecule has 0 bridgehead atoms. The zero-order valence-electron chi connectivity index (χ0n) is 10.8. The summed E-state index contributed by atoms with van der Waals surface area (Å²) in [5.41, 5.74) is -0.647. The van der Waals surface area contributed by atoms with Crippen LogP contribution in [-0.4, -0.2) is 11.0 Å². The Hall–Kier alpha value is -1.83. The van der Waals surface area contributed by atoms with E-state index in [-0.39, 0.29) is 32.3 Å². The van der Waals surface area contributed by atoms with Gasteiger partial charge in [-0.05, 0) is 24.3 Å². The summed E-state index contributed by atoms with van der Waals surface area (Å²) in [6, 6.07) is 9.48. The van der Waals surface area contributed by atoms with Gasteiger partial charge in [-0.2, -0.15) is 0 Å². The number of para-hydroxylation sites is 1. The first kappa shape index (κ1) is 13.8. The van der Waals surface area contributed by atoms with E-state index in [1.165, 1.54) is 17.2 Å². The van der Waals surface area contributed by atoms with Crippen LogP contribution < -0.4 is 10.3 Å². The average molecular weight is 338 g/mol. The number of nitrogens with zero attached hydrogens (tertiary/aromatic N) is 2. The number of halogens is 2. The number of benzene rings is 2. The molecule has 0 aliphatic carbocycles. The molecule has 1 fully saturated rings. The smallest absolute Gasteiger partial charge is 0.282 e. The Morgan fingerprint density at radius 2 is 2.00 bits per heavy atom. The van der Waals surface area contributed by atoms with Gasteiger partial charge in [0, 0.05) is 10.6 Å². The molecule has 0 spiro atoms. The van der Waals surface area contributed by atoms with E-state index in [4.69, 9.17) is 28.0 Å². The summed E-state index contributed by atoms with van der Waals surface area (Å²) in [6.07, 6.45) is 0. The lowest BCUT2D eigenvalue weighted by atomic mass is 9.97. The summed E-state index contributed by atoms with van der Waals surface area (Å²) < 4.78 is 0. The van der Waals surface area contributed by atoms with Crippen LogP contribution in [0.25, 0.3) is 0 Å². The minimum atomic E-state index is -1.52. The third-order valence-electron chi connectivity index (χ3n) is 3.73. The van der Waals surface area contributed by atoms with Crippen molar-refractivity contribution in [2.45, 2.75) is 5.72 Å². The molecule has 1 atom stereocenters. The standard InChI is InChI=1S/C14H7Cl2N2O4/c15-7-5-9(16)12(11(6-7)18(20)21)14-13(19)8-3-1-2-4-10(8)17(14)22-14/h1-6,20H/q-1. The van der Waals surface area contributed by atoms with Crippen LogP contribution in [0.1, 0.15) is 15.9 Å². The minimum absolute atomic E-state index is 0.0565. The fourth-order valence-corrected chi connectivity index (χ4v) is 3.41. The quantitative estimate of drug-likeness (QED) is 0.667. The van der Waals surface area contributed by atoms with Crippen molar-refractivity contribution in [1.29, 1.82) is 0 Å². The number of ketones is 1. The van der Waals surface area contributed by atoms with Gasteiger partial charge in [0.2, 0.25) is 5.78 Å². The van der Waals surface area contributed by atoms with Crippen LogP contribution in [0, 0.1) is 5.21 Å². The molecular formula is C14H7Cl2N2O4-. The Morgan fingerprint density at radius 1 is 1.27 bits per heavy atom. The van der Waals surface area contributed by atoms with Crippen LogP contribution in [0.3, 0.4) is 0 Å². The van der Waals surface area contributed by atoms with Crippen LogP contribution in [0.2, 0.25) is 10.0 Å². The Bertz CT molecular complexity index is 826. The lowest BCUT2D eigenvalue weighted by Gasteiger charge is -2.26. The molecule has 0 aromatic heterocycles. The van der Waals surface area contributed by atoms with Gasteiger partial charge >= 0.3 is 0 Å². The van der Waals surface area contributed by atoms with Crippen LogP contribution >= 0.6 is 23.2 Å². The third kappa shape index (κ3) is 1.58. The predicted molar refractivity (Wildman–Crippen MR) is 80.1 cm³/mol. The Balaban J connectivity index is 1.95. The molecular weight excluding hydrogens is 331 g/mol. The van der Waals surface area contributed by atoms with E-state index in [0.29, 0.717) is 11.3 Å². The van der Waals surface area contributed by atoms with Gasteiger partial charge in [0.1, 0.15) is 0 Å². The van der Waals surface area contributed by atoms with Gasteiger partial charge in [0.05, 0.1) is 22.0 Å². The molecule has 22 heavy (non-hydrogen) atoms. The summed E-state index contributed by atoms with van der Waals surface area (Å²) in [5.74, 6) is -0.351. The van der Waals surface area contributed by atoms with E-state index in [9.17, 15) is 15.2 Å². The van der Waals surface area contributed by atoms with E-state index in [1.54, 1.807) is 24.3 Å². The first-order valence-electron chi connectivity index (χ1n) is 6.25. The van der Waals surface area contributed by atoms with Gasteiger partial charge in [-0.25, -0.2) is 9.90 Å². The largest absolute Gasteiger partial charge is 0.733 e. The number of hydroxylamine groups is 1. The maximum atomic E-state index is 12.7. The van der Waals surface area contributed by atoms with Gasteiger partial charge in [-0.3, -0.25) is 10.0 Å². The lowest BCUT2D eigenvalue weighted by Crippen LogP contribution is -2.25. The van der Waals surface area contributed by atoms with Crippen LogP contribution in [0.4, 0.5) is 11.4 Å². The molecule has 0 saturated carbocycles. The number of carbonyl (C=O) groups is 1. The van der Waals surface area contributed by atoms with Crippen molar-refractivity contribution in [2.24, 2.45) is 0 Å². The molecule has 1 N–H and O–H groups in total. The van der Waals surface area contributed by atoms with E-state index in [0.717, 1.165) is 0 Å². The predicted octanol–water partition coefficient (Wildman–Crippen LogP) is 3.49. The molecule has 6 nitrogen and oxygen atoms in total. The lowest BCUT2D eigenvalue weighted by molar-refractivity contribution is 0.0871. The molecule has 2 aliphatic rings. The molecule has 112 valence electrons. The van der Waals surface area contributed by atoms with E-state index >= 15 is 0 Å². The van der Waals surface area contributed by atoms with E-state index in [2.05, 4.69) is 0 Å². The number of hydrogen-bond donors (Lipinski definition) is 1. The van der Waals surface area contributed by atoms with Gasteiger partial charge in [-0.15, -0.1) is 0 Å². The fraction of sp³-hybridized carbons (Fsp3) is 0.0714. The molecule has 8 heteroatoms. The molecule has 0 radical (unpaired) electrons. The highest BCUT2D eigenvalue weighted by Crippen LogP contribution is 2.60. The summed E-state index contributed by atoms with van der Waals surface area (Å²) in [5, 5.41) is 22.0. The molecule has 2 heterocycles. The second-order valence-electron chi connectivity index (χ2n) is 4.93. The number of anilines is 2. The average Bonchev–Trinajstić information content (AvgIpc) is 3.16. The zero-order chi connectivity index (χ0) is 15.6. The van der Waals surface area contributed by atoms with Crippen LogP contribution in [0.15, 0.2) is 36.4 Å². The van der Waals surface area contributed by atoms with Crippen molar-refractivity contribution in [3.63, 3.8) is 0 Å². The molecule has 2 aromatic rings. The van der Waals surface area contributed by atoms with Gasteiger partial charge in [0.15, 0.2) is 0 Å². The van der Waals surface area contributed by atoms with Crippen molar-refractivity contribution >= 4 is 40.4 Å². The van der Waals surface area contributed by atoms with Gasteiger partial charge < -0.3 is 10.4 Å². The van der Waals surface area contributed by atoms with Crippen molar-refractivity contribution in [3.8, 4) is 0 Å². The van der Waals surface area contributed by atoms with Crippen molar-refractivity contribution in [2.75, 3.05) is 10.3 Å². The Kier molecular flexibility index (Phi) is 2.73. The Morgan fingerprint density at radius 3 is 2.68 bits per heavy atom. The molecule has 1 unspecified atom stereocenters.